The molecule has 0 aromatic heterocycles. The van der Waals surface area contributed by atoms with Crippen LogP contribution in [0.25, 0.3) is 0 Å². The predicted octanol–water partition coefficient (Wildman–Crippen LogP) is 4.94. The Hall–Kier alpha value is -2.01. The standard InChI is InChI=1S/C22H24F3NO/c23-22(24,25)27-18-8-4-7-17(13-18)9-10-19-20-14-26(15-21(19)20)12-11-16-5-2-1-3-6-16/h1-8,13,19-21H,9-12,14-15H2. The van der Waals surface area contributed by atoms with Gasteiger partial charge in [0.2, 0.25) is 0 Å². The van der Waals surface area contributed by atoms with Crippen LogP contribution in [0.1, 0.15) is 17.5 Å². The average molecular weight is 375 g/mol. The number of aryl methyl sites for hydroxylation is 1. The SMILES string of the molecule is FC(F)(F)Oc1cccc(CCC2C3CN(CCc4ccccc4)CC23)c1. The first-order valence-electron chi connectivity index (χ1n) is 9.59. The van der Waals surface area contributed by atoms with E-state index in [1.807, 2.05) is 12.1 Å². The number of benzene rings is 2. The van der Waals surface area contributed by atoms with Crippen LogP contribution in [0.2, 0.25) is 0 Å². The van der Waals surface area contributed by atoms with Gasteiger partial charge in [-0.05, 0) is 60.3 Å². The number of hydrogen-bond acceptors (Lipinski definition) is 2. The number of hydrogen-bond donors (Lipinski definition) is 0. The molecule has 1 saturated carbocycles. The fourth-order valence-electron chi connectivity index (χ4n) is 4.51. The number of halogens is 3. The zero-order valence-electron chi connectivity index (χ0n) is 15.2. The molecule has 2 nitrogen and oxygen atoms in total. The highest BCUT2D eigenvalue weighted by molar-refractivity contribution is 5.29. The van der Waals surface area contributed by atoms with E-state index in [4.69, 9.17) is 0 Å². The molecule has 2 unspecified atom stereocenters. The number of rotatable bonds is 7. The van der Waals surface area contributed by atoms with Crippen molar-refractivity contribution in [2.45, 2.75) is 25.6 Å². The van der Waals surface area contributed by atoms with Gasteiger partial charge in [0.1, 0.15) is 5.75 Å². The van der Waals surface area contributed by atoms with Crippen molar-refractivity contribution < 1.29 is 17.9 Å². The summed E-state index contributed by atoms with van der Waals surface area (Å²) in [5.41, 5.74) is 2.30. The first-order valence-corrected chi connectivity index (χ1v) is 9.59. The van der Waals surface area contributed by atoms with E-state index in [-0.39, 0.29) is 5.75 Å². The van der Waals surface area contributed by atoms with Crippen molar-refractivity contribution >= 4 is 0 Å². The lowest BCUT2D eigenvalue weighted by atomic mass is 10.0. The second-order valence-electron chi connectivity index (χ2n) is 7.72. The van der Waals surface area contributed by atoms with Gasteiger partial charge in [-0.1, -0.05) is 42.5 Å². The molecule has 2 aromatic rings. The molecule has 0 amide bonds. The minimum absolute atomic E-state index is 0.122. The topological polar surface area (TPSA) is 12.5 Å². The fraction of sp³-hybridized carbons (Fsp3) is 0.455. The van der Waals surface area contributed by atoms with Gasteiger partial charge in [-0.3, -0.25) is 0 Å². The van der Waals surface area contributed by atoms with Crippen molar-refractivity contribution in [3.63, 3.8) is 0 Å². The minimum atomic E-state index is -4.63. The second-order valence-corrected chi connectivity index (χ2v) is 7.72. The van der Waals surface area contributed by atoms with Gasteiger partial charge in [-0.15, -0.1) is 13.2 Å². The third-order valence-corrected chi connectivity index (χ3v) is 5.90. The van der Waals surface area contributed by atoms with Crippen molar-refractivity contribution in [3.8, 4) is 5.75 Å². The summed E-state index contributed by atoms with van der Waals surface area (Å²) in [6.07, 6.45) is -1.67. The quantitative estimate of drug-likeness (QED) is 0.680. The van der Waals surface area contributed by atoms with Crippen LogP contribution in [0.4, 0.5) is 13.2 Å². The van der Waals surface area contributed by atoms with E-state index in [2.05, 4.69) is 33.9 Å². The van der Waals surface area contributed by atoms with Crippen LogP contribution in [-0.4, -0.2) is 30.9 Å². The number of piperidine rings is 1. The molecule has 1 aliphatic heterocycles. The van der Waals surface area contributed by atoms with E-state index in [9.17, 15) is 13.2 Å². The first-order chi connectivity index (χ1) is 13.0. The summed E-state index contributed by atoms with van der Waals surface area (Å²) in [4.78, 5) is 2.55. The number of likely N-dealkylation sites (tertiary alicyclic amines) is 1. The normalized spacial score (nSPS) is 24.6. The third-order valence-electron chi connectivity index (χ3n) is 5.90. The molecule has 0 bridgehead atoms. The molecule has 2 aromatic carbocycles. The monoisotopic (exact) mass is 375 g/mol. The zero-order chi connectivity index (χ0) is 18.9. The molecule has 27 heavy (non-hydrogen) atoms. The van der Waals surface area contributed by atoms with Crippen molar-refractivity contribution in [2.24, 2.45) is 17.8 Å². The van der Waals surface area contributed by atoms with Crippen LogP contribution in [-0.2, 0) is 12.8 Å². The highest BCUT2D eigenvalue weighted by atomic mass is 19.4. The van der Waals surface area contributed by atoms with E-state index in [0.717, 1.165) is 49.1 Å². The van der Waals surface area contributed by atoms with E-state index in [1.165, 1.54) is 30.8 Å². The number of nitrogens with zero attached hydrogens (tertiary/aromatic N) is 1. The van der Waals surface area contributed by atoms with Gasteiger partial charge in [0.15, 0.2) is 0 Å². The van der Waals surface area contributed by atoms with Crippen molar-refractivity contribution in [1.29, 1.82) is 0 Å². The molecule has 4 rings (SSSR count). The summed E-state index contributed by atoms with van der Waals surface area (Å²) in [5.74, 6) is 2.15. The van der Waals surface area contributed by atoms with Gasteiger partial charge in [0.05, 0.1) is 0 Å². The summed E-state index contributed by atoms with van der Waals surface area (Å²) < 4.78 is 41.0. The Balaban J connectivity index is 1.20. The van der Waals surface area contributed by atoms with Gasteiger partial charge in [0.25, 0.3) is 0 Å². The zero-order valence-corrected chi connectivity index (χ0v) is 15.2. The van der Waals surface area contributed by atoms with E-state index in [1.54, 1.807) is 6.07 Å². The minimum Gasteiger partial charge on any atom is -0.406 e. The summed E-state index contributed by atoms with van der Waals surface area (Å²) in [5, 5.41) is 0. The van der Waals surface area contributed by atoms with E-state index >= 15 is 0 Å². The molecule has 5 heteroatoms. The largest absolute Gasteiger partial charge is 0.573 e. The highest BCUT2D eigenvalue weighted by Gasteiger charge is 2.54. The predicted molar refractivity (Wildman–Crippen MR) is 98.5 cm³/mol. The summed E-state index contributed by atoms with van der Waals surface area (Å²) >= 11 is 0. The lowest BCUT2D eigenvalue weighted by Gasteiger charge is -2.19. The first kappa shape index (κ1) is 18.4. The molecule has 0 N–H and O–H groups in total. The Morgan fingerprint density at radius 1 is 0.889 bits per heavy atom. The van der Waals surface area contributed by atoms with Gasteiger partial charge < -0.3 is 9.64 Å². The lowest BCUT2D eigenvalue weighted by molar-refractivity contribution is -0.274. The maximum Gasteiger partial charge on any atom is 0.573 e. The van der Waals surface area contributed by atoms with E-state index in [0.29, 0.717) is 0 Å². The number of ether oxygens (including phenoxy) is 1. The molecule has 0 radical (unpaired) electrons. The van der Waals surface area contributed by atoms with Crippen LogP contribution in [0, 0.1) is 17.8 Å². The number of alkyl halides is 3. The Bertz CT molecular complexity index is 750. The molecule has 2 fully saturated rings. The third kappa shape index (κ3) is 4.83. The smallest absolute Gasteiger partial charge is 0.406 e. The van der Waals surface area contributed by atoms with Crippen molar-refractivity contribution in [1.82, 2.24) is 4.90 Å². The molecule has 2 aliphatic rings. The van der Waals surface area contributed by atoms with Gasteiger partial charge in [-0.2, -0.15) is 0 Å². The fourth-order valence-corrected chi connectivity index (χ4v) is 4.51. The molecule has 1 heterocycles. The Kier molecular flexibility index (Phi) is 5.13. The van der Waals surface area contributed by atoms with Gasteiger partial charge in [-0.25, -0.2) is 0 Å². The van der Waals surface area contributed by atoms with Crippen LogP contribution >= 0.6 is 0 Å². The molecular formula is C22H24F3NO. The lowest BCUT2D eigenvalue weighted by Crippen LogP contribution is -2.27. The maximum absolute atomic E-state index is 12.3. The van der Waals surface area contributed by atoms with Gasteiger partial charge >= 0.3 is 6.36 Å². The summed E-state index contributed by atoms with van der Waals surface area (Å²) in [7, 11) is 0. The van der Waals surface area contributed by atoms with Crippen molar-refractivity contribution in [3.05, 3.63) is 65.7 Å². The second kappa shape index (κ2) is 7.55. The highest BCUT2D eigenvalue weighted by Crippen LogP contribution is 2.53. The summed E-state index contributed by atoms with van der Waals surface area (Å²) in [6.45, 7) is 3.44. The molecule has 1 aliphatic carbocycles. The molecule has 144 valence electrons. The van der Waals surface area contributed by atoms with Crippen LogP contribution in [0.5, 0.6) is 5.75 Å². The Morgan fingerprint density at radius 3 is 2.30 bits per heavy atom. The summed E-state index contributed by atoms with van der Waals surface area (Å²) in [6, 6.07) is 17.0. The Labute approximate surface area is 157 Å². The molecule has 0 spiro atoms. The van der Waals surface area contributed by atoms with Crippen LogP contribution in [0.3, 0.4) is 0 Å². The molecule has 1 saturated heterocycles. The molecular weight excluding hydrogens is 351 g/mol. The van der Waals surface area contributed by atoms with Crippen molar-refractivity contribution in [2.75, 3.05) is 19.6 Å². The van der Waals surface area contributed by atoms with Gasteiger partial charge in [0, 0.05) is 19.6 Å². The number of fused-ring (bicyclic) bond motifs is 1. The average Bonchev–Trinajstić information content (AvgIpc) is 3.08. The maximum atomic E-state index is 12.3. The Morgan fingerprint density at radius 2 is 1.59 bits per heavy atom. The van der Waals surface area contributed by atoms with Crippen LogP contribution < -0.4 is 4.74 Å². The van der Waals surface area contributed by atoms with E-state index < -0.39 is 6.36 Å². The van der Waals surface area contributed by atoms with Crippen LogP contribution in [0.15, 0.2) is 54.6 Å². The molecule has 2 atom stereocenters.